The number of imidazole rings is 1. The maximum Gasteiger partial charge on any atom is 0.353 e. The molecule has 166 valence electrons. The maximum absolute atomic E-state index is 12.8. The van der Waals surface area contributed by atoms with Gasteiger partial charge in [-0.15, -0.1) is 0 Å². The molecule has 1 fully saturated rings. The Morgan fingerprint density at radius 1 is 1.30 bits per heavy atom. The zero-order valence-corrected chi connectivity index (χ0v) is 18.1. The average Bonchev–Trinajstić information content (AvgIpc) is 3.16. The van der Waals surface area contributed by atoms with E-state index in [-0.39, 0.29) is 31.9 Å². The van der Waals surface area contributed by atoms with Gasteiger partial charge in [0.1, 0.15) is 25.4 Å². The first-order chi connectivity index (χ1) is 14.5. The molecule has 0 aliphatic carbocycles. The molecule has 30 heavy (non-hydrogen) atoms. The maximum atomic E-state index is 12.8. The Bertz CT molecular complexity index is 875. The number of hydrogen-bond donors (Lipinski definition) is 1. The van der Waals surface area contributed by atoms with Gasteiger partial charge in [0.2, 0.25) is 5.65 Å². The molecule has 2 N–H and O–H groups in total. The van der Waals surface area contributed by atoms with Crippen LogP contribution < -0.4 is 10.6 Å². The normalized spacial score (nSPS) is 18.8. The minimum absolute atomic E-state index is 0.0873. The molecule has 0 bridgehead atoms. The lowest BCUT2D eigenvalue weighted by molar-refractivity contribution is -0.187. The summed E-state index contributed by atoms with van der Waals surface area (Å²) in [5.41, 5.74) is 6.69. The number of rotatable bonds is 11. The van der Waals surface area contributed by atoms with Gasteiger partial charge in [0.25, 0.3) is 0 Å². The molecule has 3 rings (SSSR count). The Morgan fingerprint density at radius 2 is 2.10 bits per heavy atom. The molecular weight excluding hydrogens is 413 g/mol. The lowest BCUT2D eigenvalue weighted by atomic mass is 10.2. The quantitative estimate of drug-likeness (QED) is 0.519. The summed E-state index contributed by atoms with van der Waals surface area (Å²) in [4.78, 5) is 18.0. The van der Waals surface area contributed by atoms with E-state index in [0.717, 1.165) is 19.3 Å². The number of anilines is 1. The molecular formula is C18H28N5O6P. The minimum Gasteiger partial charge on any atom is -0.408 e. The molecule has 1 saturated heterocycles. The predicted molar refractivity (Wildman–Crippen MR) is 110 cm³/mol. The second-order valence-electron chi connectivity index (χ2n) is 6.48. The fourth-order valence-electron chi connectivity index (χ4n) is 2.92. The van der Waals surface area contributed by atoms with Crippen LogP contribution in [-0.2, 0) is 23.1 Å². The van der Waals surface area contributed by atoms with Crippen LogP contribution in [-0.4, -0.2) is 58.5 Å². The van der Waals surface area contributed by atoms with Crippen molar-refractivity contribution >= 4 is 24.6 Å². The van der Waals surface area contributed by atoms with Crippen LogP contribution in [0.25, 0.3) is 11.2 Å². The van der Waals surface area contributed by atoms with E-state index in [9.17, 15) is 4.57 Å². The number of hydrogen-bond acceptors (Lipinski definition) is 10. The Labute approximate surface area is 175 Å². The van der Waals surface area contributed by atoms with Gasteiger partial charge < -0.3 is 29.1 Å². The van der Waals surface area contributed by atoms with Gasteiger partial charge in [0.15, 0.2) is 17.6 Å². The standard InChI is InChI=1S/C18H28N5O6P/c1-3-27-30(24,28-4-2)10-8-14(29-15-7-5-6-9-25-15)11-26-23-13-22-16-17(19)20-12-21-18(16)23/h8,10,12-15H,3-7,9,11H2,1-2H3,(H2,19,20,21)/t14-,15+/m0/s1. The zero-order chi connectivity index (χ0) is 21.4. The highest BCUT2D eigenvalue weighted by Crippen LogP contribution is 2.49. The molecule has 0 unspecified atom stereocenters. The summed E-state index contributed by atoms with van der Waals surface area (Å²) >= 11 is 0. The summed E-state index contributed by atoms with van der Waals surface area (Å²) in [5.74, 6) is 1.67. The van der Waals surface area contributed by atoms with Crippen molar-refractivity contribution in [2.45, 2.75) is 45.5 Å². The monoisotopic (exact) mass is 441 g/mol. The number of nitrogens with zero attached hydrogens (tertiary/aromatic N) is 4. The van der Waals surface area contributed by atoms with E-state index in [1.54, 1.807) is 19.9 Å². The number of nitrogens with two attached hydrogens (primary N) is 1. The highest BCUT2D eigenvalue weighted by atomic mass is 31.2. The molecule has 0 radical (unpaired) electrons. The van der Waals surface area contributed by atoms with Gasteiger partial charge in [0.05, 0.1) is 13.2 Å². The zero-order valence-electron chi connectivity index (χ0n) is 17.2. The summed E-state index contributed by atoms with van der Waals surface area (Å²) in [6.07, 6.45) is 6.27. The summed E-state index contributed by atoms with van der Waals surface area (Å²) in [6, 6.07) is 0. The first-order valence-electron chi connectivity index (χ1n) is 9.96. The molecule has 1 aliphatic heterocycles. The van der Waals surface area contributed by atoms with Crippen LogP contribution in [0.5, 0.6) is 0 Å². The van der Waals surface area contributed by atoms with Crippen LogP contribution >= 0.6 is 7.60 Å². The van der Waals surface area contributed by atoms with Crippen molar-refractivity contribution < 1.29 is 27.9 Å². The first-order valence-corrected chi connectivity index (χ1v) is 11.6. The third-order valence-electron chi connectivity index (χ3n) is 4.28. The van der Waals surface area contributed by atoms with Crippen molar-refractivity contribution in [3.8, 4) is 0 Å². The lowest BCUT2D eigenvalue weighted by Gasteiger charge is -2.26. The number of aromatic nitrogens is 4. The topological polar surface area (TPSA) is 133 Å². The van der Waals surface area contributed by atoms with E-state index < -0.39 is 13.7 Å². The Balaban J connectivity index is 1.73. The minimum atomic E-state index is -3.37. The molecule has 0 saturated carbocycles. The predicted octanol–water partition coefficient (Wildman–Crippen LogP) is 2.53. The van der Waals surface area contributed by atoms with Crippen molar-refractivity contribution in [3.63, 3.8) is 0 Å². The van der Waals surface area contributed by atoms with E-state index in [1.165, 1.54) is 23.2 Å². The van der Waals surface area contributed by atoms with E-state index in [4.69, 9.17) is 29.1 Å². The van der Waals surface area contributed by atoms with E-state index in [1.807, 2.05) is 0 Å². The highest BCUT2D eigenvalue weighted by molar-refractivity contribution is 7.57. The van der Waals surface area contributed by atoms with Crippen LogP contribution in [0.1, 0.15) is 33.1 Å². The average molecular weight is 441 g/mol. The van der Waals surface area contributed by atoms with Crippen LogP contribution in [0.15, 0.2) is 24.5 Å². The third-order valence-corrected chi connectivity index (χ3v) is 6.05. The van der Waals surface area contributed by atoms with Gasteiger partial charge in [-0.2, -0.15) is 4.73 Å². The van der Waals surface area contributed by atoms with Gasteiger partial charge in [-0.1, -0.05) is 0 Å². The summed E-state index contributed by atoms with van der Waals surface area (Å²) in [5, 5.41) is 0. The Morgan fingerprint density at radius 3 is 2.80 bits per heavy atom. The summed E-state index contributed by atoms with van der Waals surface area (Å²) < 4.78 is 36.4. The highest BCUT2D eigenvalue weighted by Gasteiger charge is 2.23. The van der Waals surface area contributed by atoms with Crippen LogP contribution in [0.3, 0.4) is 0 Å². The molecule has 12 heteroatoms. The fraction of sp³-hybridized carbons (Fsp3) is 0.611. The summed E-state index contributed by atoms with van der Waals surface area (Å²) in [7, 11) is -3.37. The van der Waals surface area contributed by atoms with Crippen molar-refractivity contribution in [1.29, 1.82) is 0 Å². The first kappa shape index (κ1) is 22.6. The van der Waals surface area contributed by atoms with Gasteiger partial charge in [-0.25, -0.2) is 15.0 Å². The van der Waals surface area contributed by atoms with Gasteiger partial charge in [-0.05, 0) is 39.2 Å². The molecule has 1 aliphatic rings. The molecule has 0 amide bonds. The van der Waals surface area contributed by atoms with E-state index >= 15 is 0 Å². The number of nitrogen functional groups attached to an aromatic ring is 1. The van der Waals surface area contributed by atoms with Crippen molar-refractivity contribution in [1.82, 2.24) is 19.7 Å². The fourth-order valence-corrected chi connectivity index (χ4v) is 4.29. The van der Waals surface area contributed by atoms with Crippen LogP contribution in [0.4, 0.5) is 5.82 Å². The Kier molecular flexibility index (Phi) is 8.17. The molecule has 0 spiro atoms. The molecule has 2 aromatic rings. The van der Waals surface area contributed by atoms with Gasteiger partial charge in [0, 0.05) is 12.4 Å². The van der Waals surface area contributed by atoms with Crippen molar-refractivity contribution in [2.75, 3.05) is 32.2 Å². The van der Waals surface area contributed by atoms with Gasteiger partial charge >= 0.3 is 7.60 Å². The smallest absolute Gasteiger partial charge is 0.353 e. The van der Waals surface area contributed by atoms with Crippen molar-refractivity contribution in [3.05, 3.63) is 24.5 Å². The molecule has 2 aromatic heterocycles. The summed E-state index contributed by atoms with van der Waals surface area (Å²) in [6.45, 7) is 4.76. The van der Waals surface area contributed by atoms with Gasteiger partial charge in [-0.3, -0.25) is 4.57 Å². The molecule has 11 nitrogen and oxygen atoms in total. The molecule has 0 aromatic carbocycles. The van der Waals surface area contributed by atoms with E-state index in [0.29, 0.717) is 17.8 Å². The lowest BCUT2D eigenvalue weighted by Crippen LogP contribution is -2.32. The number of ether oxygens (including phenoxy) is 2. The molecule has 2 atom stereocenters. The largest absolute Gasteiger partial charge is 0.408 e. The SMILES string of the molecule is CCOP(=O)(C=C[C@@H](COn1cnc2c(N)ncnc21)O[C@@H]1CCCCO1)OCC. The third kappa shape index (κ3) is 5.99. The van der Waals surface area contributed by atoms with Crippen molar-refractivity contribution in [2.24, 2.45) is 0 Å². The second-order valence-corrected chi connectivity index (χ2v) is 8.38. The Hall–Kier alpha value is -2.04. The van der Waals surface area contributed by atoms with Crippen LogP contribution in [0.2, 0.25) is 0 Å². The van der Waals surface area contributed by atoms with E-state index in [2.05, 4.69) is 15.0 Å². The molecule has 3 heterocycles. The second kappa shape index (κ2) is 10.8. The van der Waals surface area contributed by atoms with Crippen LogP contribution in [0, 0.1) is 0 Å². The number of fused-ring (bicyclic) bond motifs is 1.